The molecule has 0 fully saturated rings. The normalized spacial score (nSPS) is 18.0. The first kappa shape index (κ1) is 14.7. The lowest BCUT2D eigenvalue weighted by Gasteiger charge is -2.22. The van der Waals surface area contributed by atoms with Gasteiger partial charge >= 0.3 is 0 Å². The molecule has 2 aromatic heterocycles. The molecule has 1 aliphatic carbocycles. The van der Waals surface area contributed by atoms with Crippen molar-refractivity contribution in [2.45, 2.75) is 52.0 Å². The molecule has 2 aromatic rings. The maximum Gasteiger partial charge on any atom is 0.142 e. The van der Waals surface area contributed by atoms with Gasteiger partial charge in [0.05, 0.1) is 5.69 Å². The van der Waals surface area contributed by atoms with E-state index in [9.17, 15) is 0 Å². The van der Waals surface area contributed by atoms with E-state index in [1.165, 1.54) is 35.4 Å². The van der Waals surface area contributed by atoms with Crippen molar-refractivity contribution in [3.8, 4) is 10.7 Å². The zero-order chi connectivity index (χ0) is 14.8. The molecule has 21 heavy (non-hydrogen) atoms. The molecule has 0 saturated carbocycles. The van der Waals surface area contributed by atoms with E-state index in [1.807, 2.05) is 23.6 Å². The van der Waals surface area contributed by atoms with Crippen LogP contribution in [0.4, 0.5) is 0 Å². The molecule has 1 N–H and O–H groups in total. The van der Waals surface area contributed by atoms with E-state index in [0.717, 1.165) is 17.2 Å². The second-order valence-electron chi connectivity index (χ2n) is 6.15. The first-order chi connectivity index (χ1) is 10.1. The third-order valence-corrected chi connectivity index (χ3v) is 5.19. The number of nitrogens with zero attached hydrogens (tertiary/aromatic N) is 2. The van der Waals surface area contributed by atoms with E-state index >= 15 is 0 Å². The minimum absolute atomic E-state index is 0.534. The summed E-state index contributed by atoms with van der Waals surface area (Å²) in [6.45, 7) is 7.55. The summed E-state index contributed by atoms with van der Waals surface area (Å²) in [4.78, 5) is 11.0. The summed E-state index contributed by atoms with van der Waals surface area (Å²) in [6, 6.07) is 4.63. The van der Waals surface area contributed by atoms with Crippen molar-refractivity contribution in [1.82, 2.24) is 15.3 Å². The van der Waals surface area contributed by atoms with Crippen molar-refractivity contribution < 1.29 is 0 Å². The van der Waals surface area contributed by atoms with Gasteiger partial charge in [-0.1, -0.05) is 19.9 Å². The van der Waals surface area contributed by atoms with Crippen molar-refractivity contribution in [2.75, 3.05) is 6.54 Å². The Balaban J connectivity index is 1.89. The maximum atomic E-state index is 4.96. The van der Waals surface area contributed by atoms with E-state index in [2.05, 4.69) is 37.1 Å². The molecule has 1 atom stereocenters. The SMILES string of the molecule is Cc1cccnc1-c1nc2c(s1)CCCC2CNC(C)C. The smallest absolute Gasteiger partial charge is 0.142 e. The highest BCUT2D eigenvalue weighted by Crippen LogP contribution is 2.38. The minimum Gasteiger partial charge on any atom is -0.314 e. The van der Waals surface area contributed by atoms with Crippen molar-refractivity contribution in [3.05, 3.63) is 34.5 Å². The summed E-state index contributed by atoms with van der Waals surface area (Å²) in [5.41, 5.74) is 3.58. The van der Waals surface area contributed by atoms with Gasteiger partial charge in [-0.2, -0.15) is 0 Å². The van der Waals surface area contributed by atoms with Crippen molar-refractivity contribution >= 4 is 11.3 Å². The van der Waals surface area contributed by atoms with E-state index in [0.29, 0.717) is 12.0 Å². The van der Waals surface area contributed by atoms with E-state index in [-0.39, 0.29) is 0 Å². The number of hydrogen-bond donors (Lipinski definition) is 1. The number of hydrogen-bond acceptors (Lipinski definition) is 4. The van der Waals surface area contributed by atoms with Gasteiger partial charge in [-0.3, -0.25) is 4.98 Å². The highest BCUT2D eigenvalue weighted by atomic mass is 32.1. The Hall–Kier alpha value is -1.26. The van der Waals surface area contributed by atoms with Crippen LogP contribution in [0.2, 0.25) is 0 Å². The summed E-state index contributed by atoms with van der Waals surface area (Å²) in [6.07, 6.45) is 5.56. The molecule has 0 saturated heterocycles. The minimum atomic E-state index is 0.534. The third kappa shape index (κ3) is 3.16. The molecule has 0 radical (unpaired) electrons. The second kappa shape index (κ2) is 6.24. The predicted octanol–water partition coefficient (Wildman–Crippen LogP) is 3.93. The fraction of sp³-hybridized carbons (Fsp3) is 0.529. The average Bonchev–Trinajstić information content (AvgIpc) is 2.89. The van der Waals surface area contributed by atoms with E-state index in [1.54, 1.807) is 0 Å². The summed E-state index contributed by atoms with van der Waals surface area (Å²) >= 11 is 1.84. The van der Waals surface area contributed by atoms with Crippen LogP contribution in [0.15, 0.2) is 18.3 Å². The van der Waals surface area contributed by atoms with Gasteiger partial charge in [-0.15, -0.1) is 11.3 Å². The first-order valence-electron chi connectivity index (χ1n) is 7.80. The molecule has 112 valence electrons. The summed E-state index contributed by atoms with van der Waals surface area (Å²) in [7, 11) is 0. The van der Waals surface area contributed by atoms with Gasteiger partial charge in [-0.05, 0) is 37.8 Å². The van der Waals surface area contributed by atoms with E-state index in [4.69, 9.17) is 4.98 Å². The number of rotatable bonds is 4. The van der Waals surface area contributed by atoms with Crippen LogP contribution in [0, 0.1) is 6.92 Å². The fourth-order valence-electron chi connectivity index (χ4n) is 2.89. The van der Waals surface area contributed by atoms with Crippen molar-refractivity contribution in [2.24, 2.45) is 0 Å². The lowest BCUT2D eigenvalue weighted by atomic mass is 9.91. The fourth-order valence-corrected chi connectivity index (χ4v) is 4.15. The van der Waals surface area contributed by atoms with Crippen molar-refractivity contribution in [1.29, 1.82) is 0 Å². The molecule has 0 aliphatic heterocycles. The van der Waals surface area contributed by atoms with Crippen LogP contribution >= 0.6 is 11.3 Å². The summed E-state index contributed by atoms with van der Waals surface area (Å²) < 4.78 is 0. The lowest BCUT2D eigenvalue weighted by molar-refractivity contribution is 0.475. The van der Waals surface area contributed by atoms with Crippen LogP contribution in [0.3, 0.4) is 0 Å². The van der Waals surface area contributed by atoms with Gasteiger partial charge < -0.3 is 5.32 Å². The van der Waals surface area contributed by atoms with Gasteiger partial charge in [0.25, 0.3) is 0 Å². The van der Waals surface area contributed by atoms with Crippen LogP contribution in [0.1, 0.15) is 48.7 Å². The molecule has 1 aliphatic rings. The number of aryl methyl sites for hydroxylation is 2. The molecule has 3 rings (SSSR count). The molecular weight excluding hydrogens is 278 g/mol. The highest BCUT2D eigenvalue weighted by Gasteiger charge is 2.25. The number of pyridine rings is 1. The molecule has 0 bridgehead atoms. The van der Waals surface area contributed by atoms with Crippen LogP contribution < -0.4 is 5.32 Å². The zero-order valence-corrected chi connectivity index (χ0v) is 13.8. The molecule has 3 nitrogen and oxygen atoms in total. The maximum absolute atomic E-state index is 4.96. The molecule has 1 unspecified atom stereocenters. The number of thiazole rings is 1. The molecule has 2 heterocycles. The topological polar surface area (TPSA) is 37.8 Å². The first-order valence-corrected chi connectivity index (χ1v) is 8.61. The Morgan fingerprint density at radius 1 is 1.43 bits per heavy atom. The quantitative estimate of drug-likeness (QED) is 0.929. The lowest BCUT2D eigenvalue weighted by Crippen LogP contribution is -2.29. The molecule has 0 spiro atoms. The second-order valence-corrected chi connectivity index (χ2v) is 7.23. The van der Waals surface area contributed by atoms with Gasteiger partial charge in [0.2, 0.25) is 0 Å². The number of fused-ring (bicyclic) bond motifs is 1. The van der Waals surface area contributed by atoms with Crippen LogP contribution in [-0.2, 0) is 6.42 Å². The molecule has 0 aromatic carbocycles. The highest BCUT2D eigenvalue weighted by molar-refractivity contribution is 7.15. The Bertz CT molecular complexity index is 618. The van der Waals surface area contributed by atoms with Crippen LogP contribution in [0.25, 0.3) is 10.7 Å². The Labute approximate surface area is 130 Å². The van der Waals surface area contributed by atoms with Crippen molar-refractivity contribution in [3.63, 3.8) is 0 Å². The molecule has 4 heteroatoms. The average molecular weight is 301 g/mol. The number of nitrogens with one attached hydrogen (secondary N) is 1. The van der Waals surface area contributed by atoms with Crippen LogP contribution in [-0.4, -0.2) is 22.6 Å². The largest absolute Gasteiger partial charge is 0.314 e. The Morgan fingerprint density at radius 2 is 2.29 bits per heavy atom. The Kier molecular flexibility index (Phi) is 4.36. The predicted molar refractivity (Wildman–Crippen MR) is 88.9 cm³/mol. The van der Waals surface area contributed by atoms with Gasteiger partial charge in [0, 0.05) is 29.6 Å². The standard InChI is InChI=1S/C17H23N3S/c1-11(2)19-10-13-7-4-8-14-16(13)20-17(21-14)15-12(3)6-5-9-18-15/h5-6,9,11,13,19H,4,7-8,10H2,1-3H3. The van der Waals surface area contributed by atoms with Gasteiger partial charge in [0.1, 0.15) is 10.7 Å². The van der Waals surface area contributed by atoms with Gasteiger partial charge in [0.15, 0.2) is 0 Å². The van der Waals surface area contributed by atoms with Gasteiger partial charge in [-0.25, -0.2) is 4.98 Å². The van der Waals surface area contributed by atoms with E-state index < -0.39 is 0 Å². The molecular formula is C17H23N3S. The Morgan fingerprint density at radius 3 is 3.05 bits per heavy atom. The molecule has 0 amide bonds. The summed E-state index contributed by atoms with van der Waals surface area (Å²) in [5, 5.41) is 4.66. The summed E-state index contributed by atoms with van der Waals surface area (Å²) in [5.74, 6) is 0.560. The monoisotopic (exact) mass is 301 g/mol. The van der Waals surface area contributed by atoms with Crippen LogP contribution in [0.5, 0.6) is 0 Å². The number of aromatic nitrogens is 2. The zero-order valence-electron chi connectivity index (χ0n) is 13.0. The third-order valence-electron chi connectivity index (χ3n) is 4.06.